The van der Waals surface area contributed by atoms with Crippen molar-refractivity contribution in [2.45, 2.75) is 51.9 Å². The summed E-state index contributed by atoms with van der Waals surface area (Å²) in [5.74, 6) is 0.292. The maximum absolute atomic E-state index is 9.28. The number of unbranched alkanes of at least 4 members (excludes halogenated alkanes) is 5. The minimum Gasteiger partial charge on any atom is -0.508 e. The highest BCUT2D eigenvalue weighted by Gasteiger charge is 1.97. The summed E-state index contributed by atoms with van der Waals surface area (Å²) in [6.45, 7) is 2.26. The summed E-state index contributed by atoms with van der Waals surface area (Å²) in [7, 11) is 0. The number of phenols is 1. The third-order valence-electron chi connectivity index (χ3n) is 3.93. The maximum Gasteiger partial charge on any atom is 0.115 e. The molecule has 0 aliphatic heterocycles. The van der Waals surface area contributed by atoms with Gasteiger partial charge in [0.2, 0.25) is 0 Å². The van der Waals surface area contributed by atoms with Crippen molar-refractivity contribution in [3.05, 3.63) is 54.1 Å². The highest BCUT2D eigenvalue weighted by Crippen LogP contribution is 2.20. The molecule has 0 unspecified atom stereocenters. The van der Waals surface area contributed by atoms with E-state index in [-0.39, 0.29) is 0 Å². The molecule has 0 radical (unpaired) electrons. The van der Waals surface area contributed by atoms with Gasteiger partial charge in [-0.1, -0.05) is 51.2 Å². The van der Waals surface area contributed by atoms with Crippen molar-refractivity contribution in [2.75, 3.05) is 5.32 Å². The fraction of sp³-hybridized carbons (Fsp3) is 0.400. The number of aryl methyl sites for hydroxylation is 1. The van der Waals surface area contributed by atoms with Crippen LogP contribution in [0.1, 0.15) is 51.0 Å². The lowest BCUT2D eigenvalue weighted by molar-refractivity contribution is 0.475. The van der Waals surface area contributed by atoms with Crippen LogP contribution in [-0.2, 0) is 6.42 Å². The van der Waals surface area contributed by atoms with Gasteiger partial charge in [0.15, 0.2) is 0 Å². The zero-order valence-corrected chi connectivity index (χ0v) is 13.5. The molecule has 0 saturated heterocycles. The molecule has 2 N–H and O–H groups in total. The molecule has 0 saturated carbocycles. The molecule has 2 heteroatoms. The first kappa shape index (κ1) is 16.4. The van der Waals surface area contributed by atoms with Gasteiger partial charge in [-0.3, -0.25) is 0 Å². The average Bonchev–Trinajstić information content (AvgIpc) is 2.54. The van der Waals surface area contributed by atoms with E-state index >= 15 is 0 Å². The average molecular weight is 297 g/mol. The number of nitrogens with one attached hydrogen (secondary N) is 1. The lowest BCUT2D eigenvalue weighted by Gasteiger charge is -2.08. The van der Waals surface area contributed by atoms with Gasteiger partial charge in [-0.25, -0.2) is 0 Å². The van der Waals surface area contributed by atoms with Gasteiger partial charge in [-0.05, 0) is 54.8 Å². The molecule has 0 fully saturated rings. The third-order valence-corrected chi connectivity index (χ3v) is 3.93. The van der Waals surface area contributed by atoms with Crippen LogP contribution in [0, 0.1) is 0 Å². The van der Waals surface area contributed by atoms with E-state index in [1.807, 2.05) is 12.1 Å². The summed E-state index contributed by atoms with van der Waals surface area (Å²) in [6.07, 6.45) is 9.24. The van der Waals surface area contributed by atoms with Gasteiger partial charge in [0.05, 0.1) is 0 Å². The summed E-state index contributed by atoms with van der Waals surface area (Å²) in [5.41, 5.74) is 3.48. The van der Waals surface area contributed by atoms with E-state index in [2.05, 4.69) is 36.5 Å². The van der Waals surface area contributed by atoms with Gasteiger partial charge in [0.1, 0.15) is 5.75 Å². The lowest BCUT2D eigenvalue weighted by Crippen LogP contribution is -1.91. The van der Waals surface area contributed by atoms with E-state index in [0.29, 0.717) is 5.75 Å². The third kappa shape index (κ3) is 5.80. The first-order valence-electron chi connectivity index (χ1n) is 8.43. The van der Waals surface area contributed by atoms with Crippen molar-refractivity contribution in [2.24, 2.45) is 0 Å². The molecule has 0 spiro atoms. The molecule has 0 amide bonds. The molecule has 0 aliphatic rings. The Labute approximate surface area is 134 Å². The summed E-state index contributed by atoms with van der Waals surface area (Å²) >= 11 is 0. The molecule has 2 aromatic rings. The predicted molar refractivity (Wildman–Crippen MR) is 94.9 cm³/mol. The Kier molecular flexibility index (Phi) is 6.82. The van der Waals surface area contributed by atoms with E-state index in [9.17, 15) is 5.11 Å². The van der Waals surface area contributed by atoms with E-state index in [1.54, 1.807) is 12.1 Å². The Morgan fingerprint density at radius 2 is 1.27 bits per heavy atom. The van der Waals surface area contributed by atoms with Crippen molar-refractivity contribution in [1.29, 1.82) is 0 Å². The molecule has 2 rings (SSSR count). The smallest absolute Gasteiger partial charge is 0.115 e. The first-order chi connectivity index (χ1) is 10.8. The van der Waals surface area contributed by atoms with Crippen LogP contribution in [0.2, 0.25) is 0 Å². The summed E-state index contributed by atoms with van der Waals surface area (Å²) in [6, 6.07) is 15.8. The highest BCUT2D eigenvalue weighted by atomic mass is 16.3. The Morgan fingerprint density at radius 3 is 1.91 bits per heavy atom. The first-order valence-corrected chi connectivity index (χ1v) is 8.43. The molecule has 0 bridgehead atoms. The molecule has 22 heavy (non-hydrogen) atoms. The maximum atomic E-state index is 9.28. The minimum absolute atomic E-state index is 0.292. The Morgan fingerprint density at radius 1 is 0.727 bits per heavy atom. The largest absolute Gasteiger partial charge is 0.508 e. The standard InChI is InChI=1S/C20H27NO/c1-2-3-4-5-6-7-8-17-9-11-18(12-10-17)21-19-13-15-20(22)16-14-19/h9-16,21-22H,2-8H2,1H3. The van der Waals surface area contributed by atoms with Crippen molar-refractivity contribution in [3.8, 4) is 5.75 Å². The van der Waals surface area contributed by atoms with E-state index < -0.39 is 0 Å². The fourth-order valence-corrected chi connectivity index (χ4v) is 2.58. The summed E-state index contributed by atoms with van der Waals surface area (Å²) < 4.78 is 0. The number of aromatic hydroxyl groups is 1. The van der Waals surface area contributed by atoms with E-state index in [0.717, 1.165) is 11.4 Å². The number of rotatable bonds is 9. The number of phenolic OH excluding ortho intramolecular Hbond substituents is 1. The second kappa shape index (κ2) is 9.14. The SMILES string of the molecule is CCCCCCCCc1ccc(Nc2ccc(O)cc2)cc1. The molecule has 0 heterocycles. The predicted octanol–water partition coefficient (Wildman–Crippen LogP) is 6.04. The minimum atomic E-state index is 0.292. The number of hydrogen-bond acceptors (Lipinski definition) is 2. The topological polar surface area (TPSA) is 32.3 Å². The van der Waals surface area contributed by atoms with Gasteiger partial charge in [0.25, 0.3) is 0 Å². The van der Waals surface area contributed by atoms with Crippen molar-refractivity contribution < 1.29 is 5.11 Å². The number of benzene rings is 2. The van der Waals surface area contributed by atoms with E-state index in [1.165, 1.54) is 50.5 Å². The molecule has 2 aromatic carbocycles. The van der Waals surface area contributed by atoms with Crippen molar-refractivity contribution >= 4 is 11.4 Å². The van der Waals surface area contributed by atoms with Gasteiger partial charge in [-0.15, -0.1) is 0 Å². The second-order valence-corrected chi connectivity index (χ2v) is 5.89. The summed E-state index contributed by atoms with van der Waals surface area (Å²) in [4.78, 5) is 0. The monoisotopic (exact) mass is 297 g/mol. The Bertz CT molecular complexity index is 531. The lowest BCUT2D eigenvalue weighted by atomic mass is 10.0. The van der Waals surface area contributed by atoms with Crippen LogP contribution in [-0.4, -0.2) is 5.11 Å². The number of hydrogen-bond donors (Lipinski definition) is 2. The molecular formula is C20H27NO. The molecule has 0 aliphatic carbocycles. The van der Waals surface area contributed by atoms with Crippen LogP contribution in [0.15, 0.2) is 48.5 Å². The Balaban J connectivity index is 1.74. The van der Waals surface area contributed by atoms with E-state index in [4.69, 9.17) is 0 Å². The van der Waals surface area contributed by atoms with Crippen molar-refractivity contribution in [3.63, 3.8) is 0 Å². The van der Waals surface area contributed by atoms with Crippen LogP contribution in [0.3, 0.4) is 0 Å². The van der Waals surface area contributed by atoms with Crippen LogP contribution in [0.5, 0.6) is 5.75 Å². The second-order valence-electron chi connectivity index (χ2n) is 5.89. The Hall–Kier alpha value is -1.96. The van der Waals surface area contributed by atoms with Crippen LogP contribution < -0.4 is 5.32 Å². The molecule has 0 aromatic heterocycles. The van der Waals surface area contributed by atoms with Gasteiger partial charge in [0, 0.05) is 11.4 Å². The number of anilines is 2. The molecular weight excluding hydrogens is 270 g/mol. The van der Waals surface area contributed by atoms with Gasteiger partial charge in [-0.2, -0.15) is 0 Å². The van der Waals surface area contributed by atoms with Gasteiger partial charge >= 0.3 is 0 Å². The quantitative estimate of drug-likeness (QED) is 0.437. The zero-order chi connectivity index (χ0) is 15.6. The zero-order valence-electron chi connectivity index (χ0n) is 13.5. The van der Waals surface area contributed by atoms with Gasteiger partial charge < -0.3 is 10.4 Å². The van der Waals surface area contributed by atoms with Crippen molar-refractivity contribution in [1.82, 2.24) is 0 Å². The van der Waals surface area contributed by atoms with Crippen LogP contribution in [0.25, 0.3) is 0 Å². The van der Waals surface area contributed by atoms with Crippen LogP contribution >= 0.6 is 0 Å². The summed E-state index contributed by atoms with van der Waals surface area (Å²) in [5, 5.41) is 12.6. The van der Waals surface area contributed by atoms with Crippen LogP contribution in [0.4, 0.5) is 11.4 Å². The molecule has 0 atom stereocenters. The fourth-order valence-electron chi connectivity index (χ4n) is 2.58. The molecule has 118 valence electrons. The molecule has 2 nitrogen and oxygen atoms in total. The normalized spacial score (nSPS) is 10.6. The highest BCUT2D eigenvalue weighted by molar-refractivity contribution is 5.60.